The van der Waals surface area contributed by atoms with E-state index in [1.54, 1.807) is 24.3 Å². The first-order chi connectivity index (χ1) is 14.4. The number of benzene rings is 2. The van der Waals surface area contributed by atoms with Crippen LogP contribution in [0.25, 0.3) is 22.0 Å². The van der Waals surface area contributed by atoms with Crippen LogP contribution in [-0.2, 0) is 11.3 Å². The van der Waals surface area contributed by atoms with Crippen LogP contribution in [0.3, 0.4) is 0 Å². The van der Waals surface area contributed by atoms with Gasteiger partial charge in [-0.3, -0.25) is 29.7 Å². The molecule has 2 aromatic carbocycles. The molecule has 4 aromatic rings. The van der Waals surface area contributed by atoms with Crippen molar-refractivity contribution in [3.8, 4) is 0 Å². The molecule has 0 aliphatic heterocycles. The second-order valence-electron chi connectivity index (χ2n) is 6.50. The lowest BCUT2D eigenvalue weighted by Gasteiger charge is -2.08. The monoisotopic (exact) mass is 409 g/mol. The molecule has 0 bridgehead atoms. The second kappa shape index (κ2) is 7.62. The highest BCUT2D eigenvalue weighted by Crippen LogP contribution is 2.20. The standard InChI is InChI=1S/C19H15N5O6/c25-17(21-23-11-20-14-5-2-1-4-13(14)18(23)26)6-3-9-22-15-8-7-12(24(28)29)10-16(15)30-19(22)27/h1-2,4-5,7-8,10-11H,3,6,9H2,(H,21,25). The number of oxazole rings is 1. The number of non-ortho nitro benzene ring substituents is 1. The van der Waals surface area contributed by atoms with Gasteiger partial charge in [-0.2, -0.15) is 0 Å². The number of hydrogen-bond donors (Lipinski definition) is 1. The summed E-state index contributed by atoms with van der Waals surface area (Å²) in [6.07, 6.45) is 1.56. The van der Waals surface area contributed by atoms with Crippen molar-refractivity contribution in [2.75, 3.05) is 5.43 Å². The predicted molar refractivity (Wildman–Crippen MR) is 107 cm³/mol. The Kier molecular flexibility index (Phi) is 4.84. The van der Waals surface area contributed by atoms with E-state index < -0.39 is 22.1 Å². The summed E-state index contributed by atoms with van der Waals surface area (Å²) < 4.78 is 7.37. The molecule has 0 radical (unpaired) electrons. The van der Waals surface area contributed by atoms with Gasteiger partial charge >= 0.3 is 5.76 Å². The summed E-state index contributed by atoms with van der Waals surface area (Å²) in [5, 5.41) is 11.2. The van der Waals surface area contributed by atoms with Crippen LogP contribution in [0.1, 0.15) is 12.8 Å². The van der Waals surface area contributed by atoms with E-state index in [1.165, 1.54) is 29.1 Å². The van der Waals surface area contributed by atoms with Crippen LogP contribution >= 0.6 is 0 Å². The third kappa shape index (κ3) is 3.55. The second-order valence-corrected chi connectivity index (χ2v) is 6.50. The van der Waals surface area contributed by atoms with E-state index in [9.17, 15) is 24.5 Å². The molecule has 152 valence electrons. The quantitative estimate of drug-likeness (QED) is 0.378. The lowest BCUT2D eigenvalue weighted by atomic mass is 10.2. The number of fused-ring (bicyclic) bond motifs is 2. The smallest absolute Gasteiger partial charge is 0.407 e. The Balaban J connectivity index is 1.43. The number of hydrogen-bond acceptors (Lipinski definition) is 7. The van der Waals surface area contributed by atoms with Crippen molar-refractivity contribution in [1.29, 1.82) is 0 Å². The Morgan fingerprint density at radius 2 is 2.00 bits per heavy atom. The number of para-hydroxylation sites is 1. The molecule has 1 amide bonds. The average molecular weight is 409 g/mol. The Morgan fingerprint density at radius 1 is 1.20 bits per heavy atom. The van der Waals surface area contributed by atoms with Gasteiger partial charge in [-0.1, -0.05) is 12.1 Å². The van der Waals surface area contributed by atoms with Gasteiger partial charge in [0.05, 0.1) is 27.4 Å². The Hall–Kier alpha value is -4.28. The summed E-state index contributed by atoms with van der Waals surface area (Å²) in [6.45, 7) is 0.169. The van der Waals surface area contributed by atoms with Gasteiger partial charge in [-0.25, -0.2) is 14.5 Å². The summed E-state index contributed by atoms with van der Waals surface area (Å²) in [4.78, 5) is 51.0. The van der Waals surface area contributed by atoms with Gasteiger partial charge in [0.15, 0.2) is 5.58 Å². The van der Waals surface area contributed by atoms with Gasteiger partial charge in [0.25, 0.3) is 11.2 Å². The van der Waals surface area contributed by atoms with Crippen molar-refractivity contribution in [3.05, 3.63) is 79.8 Å². The molecule has 30 heavy (non-hydrogen) atoms. The fourth-order valence-corrected chi connectivity index (χ4v) is 3.12. The Labute approximate surface area is 167 Å². The number of nitrogens with one attached hydrogen (secondary N) is 1. The van der Waals surface area contributed by atoms with Crippen molar-refractivity contribution in [1.82, 2.24) is 14.2 Å². The minimum Gasteiger partial charge on any atom is -0.407 e. The lowest BCUT2D eigenvalue weighted by molar-refractivity contribution is -0.384. The van der Waals surface area contributed by atoms with E-state index in [0.29, 0.717) is 16.4 Å². The van der Waals surface area contributed by atoms with Crippen LogP contribution in [0.2, 0.25) is 0 Å². The van der Waals surface area contributed by atoms with Crippen LogP contribution in [-0.4, -0.2) is 25.1 Å². The van der Waals surface area contributed by atoms with Crippen molar-refractivity contribution < 1.29 is 14.1 Å². The van der Waals surface area contributed by atoms with Gasteiger partial charge in [0.1, 0.15) is 6.33 Å². The van der Waals surface area contributed by atoms with E-state index in [1.807, 2.05) is 0 Å². The molecular weight excluding hydrogens is 394 g/mol. The van der Waals surface area contributed by atoms with Crippen molar-refractivity contribution >= 4 is 33.6 Å². The zero-order valence-corrected chi connectivity index (χ0v) is 15.5. The number of aromatic nitrogens is 3. The topological polar surface area (TPSA) is 142 Å². The van der Waals surface area contributed by atoms with Gasteiger partial charge in [-0.05, 0) is 24.6 Å². The number of nitrogens with zero attached hydrogens (tertiary/aromatic N) is 4. The molecule has 11 nitrogen and oxygen atoms in total. The fraction of sp³-hybridized carbons (Fsp3) is 0.158. The van der Waals surface area contributed by atoms with E-state index in [2.05, 4.69) is 10.4 Å². The largest absolute Gasteiger partial charge is 0.419 e. The Morgan fingerprint density at radius 3 is 2.80 bits per heavy atom. The van der Waals surface area contributed by atoms with Crippen LogP contribution in [0, 0.1) is 10.1 Å². The molecule has 2 heterocycles. The fourth-order valence-electron chi connectivity index (χ4n) is 3.12. The average Bonchev–Trinajstić information content (AvgIpc) is 3.04. The molecule has 0 saturated heterocycles. The number of carbonyl (C=O) groups is 1. The van der Waals surface area contributed by atoms with E-state index >= 15 is 0 Å². The SMILES string of the molecule is O=C(CCCn1c(=O)oc2cc([N+](=O)[O-])ccc21)Nn1cnc2ccccc2c1=O. The molecule has 0 fully saturated rings. The predicted octanol–water partition coefficient (Wildman–Crippen LogP) is 1.76. The highest BCUT2D eigenvalue weighted by atomic mass is 16.6. The summed E-state index contributed by atoms with van der Waals surface area (Å²) in [6, 6.07) is 10.7. The summed E-state index contributed by atoms with van der Waals surface area (Å²) in [5.41, 5.74) is 2.93. The van der Waals surface area contributed by atoms with E-state index in [-0.39, 0.29) is 30.7 Å². The highest BCUT2D eigenvalue weighted by Gasteiger charge is 2.14. The molecular formula is C19H15N5O6. The number of aryl methyl sites for hydroxylation is 1. The molecule has 0 atom stereocenters. The van der Waals surface area contributed by atoms with Crippen LogP contribution in [0.4, 0.5) is 5.69 Å². The third-order valence-electron chi connectivity index (χ3n) is 4.56. The molecule has 0 saturated carbocycles. The number of rotatable bonds is 6. The first kappa shape index (κ1) is 19.1. The maximum absolute atomic E-state index is 12.4. The summed E-state index contributed by atoms with van der Waals surface area (Å²) >= 11 is 0. The molecule has 0 aliphatic carbocycles. The number of nitro groups is 1. The minimum atomic E-state index is -0.666. The maximum Gasteiger partial charge on any atom is 0.419 e. The molecule has 1 N–H and O–H groups in total. The lowest BCUT2D eigenvalue weighted by Crippen LogP contribution is -2.33. The van der Waals surface area contributed by atoms with E-state index in [4.69, 9.17) is 4.42 Å². The first-order valence-corrected chi connectivity index (χ1v) is 8.98. The third-order valence-corrected chi connectivity index (χ3v) is 4.56. The van der Waals surface area contributed by atoms with Crippen molar-refractivity contribution in [2.45, 2.75) is 19.4 Å². The maximum atomic E-state index is 12.4. The molecule has 4 rings (SSSR count). The molecule has 0 spiro atoms. The zero-order chi connectivity index (χ0) is 21.3. The molecule has 11 heteroatoms. The molecule has 2 aromatic heterocycles. The number of amides is 1. The van der Waals surface area contributed by atoms with Gasteiger partial charge < -0.3 is 4.42 Å². The normalized spacial score (nSPS) is 11.1. The number of nitro benzene ring substituents is 1. The first-order valence-electron chi connectivity index (χ1n) is 8.98. The van der Waals surface area contributed by atoms with Gasteiger partial charge in [0, 0.05) is 19.0 Å². The number of carbonyl (C=O) groups excluding carboxylic acids is 1. The summed E-state index contributed by atoms with van der Waals surface area (Å²) in [7, 11) is 0. The van der Waals surface area contributed by atoms with Crippen LogP contribution in [0.15, 0.2) is 62.8 Å². The van der Waals surface area contributed by atoms with Gasteiger partial charge in [-0.15, -0.1) is 0 Å². The van der Waals surface area contributed by atoms with Crippen molar-refractivity contribution in [2.24, 2.45) is 0 Å². The van der Waals surface area contributed by atoms with Crippen LogP contribution < -0.4 is 16.7 Å². The zero-order valence-electron chi connectivity index (χ0n) is 15.5. The van der Waals surface area contributed by atoms with E-state index in [0.717, 1.165) is 4.68 Å². The minimum absolute atomic E-state index is 0.0331. The van der Waals surface area contributed by atoms with Crippen LogP contribution in [0.5, 0.6) is 0 Å². The highest BCUT2D eigenvalue weighted by molar-refractivity contribution is 5.84. The Bertz CT molecular complexity index is 1400. The van der Waals surface area contributed by atoms with Gasteiger partial charge in [0.2, 0.25) is 5.91 Å². The molecule has 0 aliphatic rings. The summed E-state index contributed by atoms with van der Waals surface area (Å²) in [5.74, 6) is -1.09. The molecule has 0 unspecified atom stereocenters. The van der Waals surface area contributed by atoms with Crippen molar-refractivity contribution in [3.63, 3.8) is 0 Å².